The number of hydrogen-bond acceptors (Lipinski definition) is 2. The highest BCUT2D eigenvalue weighted by molar-refractivity contribution is 7.90. The summed E-state index contributed by atoms with van der Waals surface area (Å²) in [6.45, 7) is 2.81. The van der Waals surface area contributed by atoms with Gasteiger partial charge in [-0.1, -0.05) is 17.7 Å². The number of hydrogen-bond donors (Lipinski definition) is 0. The Labute approximate surface area is 101 Å². The van der Waals surface area contributed by atoms with E-state index in [-0.39, 0.29) is 0 Å². The van der Waals surface area contributed by atoms with Gasteiger partial charge in [-0.05, 0) is 24.6 Å². The first-order chi connectivity index (χ1) is 7.44. The number of nitrogens with zero attached hydrogens (tertiary/aromatic N) is 2. The quantitative estimate of drug-likeness (QED) is 0.770. The van der Waals surface area contributed by atoms with Crippen LogP contribution in [0.2, 0.25) is 5.02 Å². The maximum atomic E-state index is 12.0. The van der Waals surface area contributed by atoms with Gasteiger partial charge < -0.3 is 0 Å². The van der Waals surface area contributed by atoms with Crippen LogP contribution in [0.1, 0.15) is 5.56 Å². The molecule has 4 nitrogen and oxygen atoms in total. The number of halogens is 1. The SMILES string of the molecule is Cc1c(Cl)cccc1N1CCN(C)S1(=O)=O. The van der Waals surface area contributed by atoms with Crippen LogP contribution in [-0.4, -0.2) is 32.9 Å². The van der Waals surface area contributed by atoms with E-state index in [2.05, 4.69) is 0 Å². The van der Waals surface area contributed by atoms with Crippen molar-refractivity contribution < 1.29 is 8.42 Å². The summed E-state index contributed by atoms with van der Waals surface area (Å²) in [4.78, 5) is 0. The summed E-state index contributed by atoms with van der Waals surface area (Å²) in [5.41, 5.74) is 1.46. The number of benzene rings is 1. The van der Waals surface area contributed by atoms with Gasteiger partial charge in [-0.2, -0.15) is 12.7 Å². The van der Waals surface area contributed by atoms with E-state index in [4.69, 9.17) is 11.6 Å². The van der Waals surface area contributed by atoms with Crippen LogP contribution in [0.3, 0.4) is 0 Å². The van der Waals surface area contributed by atoms with E-state index in [9.17, 15) is 8.42 Å². The van der Waals surface area contributed by atoms with Gasteiger partial charge in [0.05, 0.1) is 5.69 Å². The van der Waals surface area contributed by atoms with E-state index in [1.165, 1.54) is 8.61 Å². The molecule has 0 bridgehead atoms. The molecule has 0 amide bonds. The minimum atomic E-state index is -3.35. The van der Waals surface area contributed by atoms with Crippen molar-refractivity contribution in [1.82, 2.24) is 4.31 Å². The third-order valence-electron chi connectivity index (χ3n) is 2.80. The third kappa shape index (κ3) is 1.69. The first kappa shape index (κ1) is 11.7. The lowest BCUT2D eigenvalue weighted by Crippen LogP contribution is -2.31. The minimum absolute atomic E-state index is 0.472. The van der Waals surface area contributed by atoms with Gasteiger partial charge in [-0.25, -0.2) is 0 Å². The van der Waals surface area contributed by atoms with Gasteiger partial charge in [-0.15, -0.1) is 0 Å². The molecule has 2 rings (SSSR count). The van der Waals surface area contributed by atoms with Crippen LogP contribution in [0, 0.1) is 6.92 Å². The molecule has 0 spiro atoms. The summed E-state index contributed by atoms with van der Waals surface area (Å²) in [6, 6.07) is 5.29. The molecule has 16 heavy (non-hydrogen) atoms. The van der Waals surface area contributed by atoms with Crippen LogP contribution >= 0.6 is 11.6 Å². The lowest BCUT2D eigenvalue weighted by molar-refractivity contribution is 0.511. The molecule has 0 N–H and O–H groups in total. The molecule has 0 aromatic heterocycles. The first-order valence-electron chi connectivity index (χ1n) is 4.93. The fourth-order valence-electron chi connectivity index (χ4n) is 1.74. The lowest BCUT2D eigenvalue weighted by atomic mass is 10.2. The molecule has 0 unspecified atom stereocenters. The molecule has 0 aliphatic carbocycles. The fourth-order valence-corrected chi connectivity index (χ4v) is 3.32. The Morgan fingerprint density at radius 3 is 2.56 bits per heavy atom. The summed E-state index contributed by atoms with van der Waals surface area (Å²) >= 11 is 5.99. The molecule has 88 valence electrons. The van der Waals surface area contributed by atoms with Crippen molar-refractivity contribution in [3.8, 4) is 0 Å². The van der Waals surface area contributed by atoms with Gasteiger partial charge in [0, 0.05) is 25.2 Å². The predicted octanol–water partition coefficient (Wildman–Crippen LogP) is 1.65. The molecule has 1 fully saturated rings. The molecule has 1 aromatic rings. The average molecular weight is 261 g/mol. The third-order valence-corrected chi connectivity index (χ3v) is 5.11. The van der Waals surface area contributed by atoms with E-state index < -0.39 is 10.2 Å². The van der Waals surface area contributed by atoms with Gasteiger partial charge in [0.1, 0.15) is 0 Å². The number of rotatable bonds is 1. The van der Waals surface area contributed by atoms with Crippen molar-refractivity contribution in [2.45, 2.75) is 6.92 Å². The van der Waals surface area contributed by atoms with Crippen LogP contribution in [-0.2, 0) is 10.2 Å². The molecule has 1 aliphatic rings. The Hall–Kier alpha value is -0.780. The van der Waals surface area contributed by atoms with Crippen LogP contribution < -0.4 is 4.31 Å². The Morgan fingerprint density at radius 2 is 2.00 bits per heavy atom. The van der Waals surface area contributed by atoms with Crippen LogP contribution in [0.5, 0.6) is 0 Å². The fraction of sp³-hybridized carbons (Fsp3) is 0.400. The van der Waals surface area contributed by atoms with Crippen molar-refractivity contribution in [3.63, 3.8) is 0 Å². The minimum Gasteiger partial charge on any atom is -0.256 e. The zero-order chi connectivity index (χ0) is 11.9. The second kappa shape index (κ2) is 3.91. The standard InChI is InChI=1S/C10H13ClN2O2S/c1-8-9(11)4-3-5-10(8)13-7-6-12(2)16(13,14)15/h3-5H,6-7H2,1-2H3. The summed E-state index contributed by atoms with van der Waals surface area (Å²) in [6.07, 6.45) is 0. The van der Waals surface area contributed by atoms with Gasteiger partial charge in [0.25, 0.3) is 0 Å². The molecule has 1 aromatic carbocycles. The van der Waals surface area contributed by atoms with Crippen molar-refractivity contribution in [2.24, 2.45) is 0 Å². The lowest BCUT2D eigenvalue weighted by Gasteiger charge is -2.20. The van der Waals surface area contributed by atoms with E-state index in [1.807, 2.05) is 6.92 Å². The first-order valence-corrected chi connectivity index (χ1v) is 6.71. The zero-order valence-corrected chi connectivity index (χ0v) is 10.7. The van der Waals surface area contributed by atoms with Gasteiger partial charge in [0.2, 0.25) is 0 Å². The van der Waals surface area contributed by atoms with Crippen LogP contribution in [0.15, 0.2) is 18.2 Å². The zero-order valence-electron chi connectivity index (χ0n) is 9.14. The monoisotopic (exact) mass is 260 g/mol. The predicted molar refractivity (Wildman–Crippen MR) is 65.1 cm³/mol. The van der Waals surface area contributed by atoms with Crippen molar-refractivity contribution in [1.29, 1.82) is 0 Å². The van der Waals surface area contributed by atoms with Crippen LogP contribution in [0.25, 0.3) is 0 Å². The van der Waals surface area contributed by atoms with Crippen molar-refractivity contribution in [2.75, 3.05) is 24.4 Å². The topological polar surface area (TPSA) is 40.6 Å². The Bertz CT molecular complexity index is 516. The summed E-state index contributed by atoms with van der Waals surface area (Å²) in [5.74, 6) is 0. The maximum absolute atomic E-state index is 12.0. The van der Waals surface area contributed by atoms with Gasteiger partial charge in [-0.3, -0.25) is 4.31 Å². The van der Waals surface area contributed by atoms with Crippen LogP contribution in [0.4, 0.5) is 5.69 Å². The highest BCUT2D eigenvalue weighted by Crippen LogP contribution is 2.31. The molecule has 1 saturated heterocycles. The number of likely N-dealkylation sites (N-methyl/N-ethyl adjacent to an activating group) is 1. The highest BCUT2D eigenvalue weighted by atomic mass is 35.5. The molecular weight excluding hydrogens is 248 g/mol. The second-order valence-corrected chi connectivity index (χ2v) is 6.15. The second-order valence-electron chi connectivity index (χ2n) is 3.79. The van der Waals surface area contributed by atoms with E-state index in [1.54, 1.807) is 25.2 Å². The smallest absolute Gasteiger partial charge is 0.256 e. The van der Waals surface area contributed by atoms with Gasteiger partial charge >= 0.3 is 10.2 Å². The normalized spacial score (nSPS) is 20.3. The van der Waals surface area contributed by atoms with E-state index in [0.29, 0.717) is 23.8 Å². The van der Waals surface area contributed by atoms with Crippen molar-refractivity contribution in [3.05, 3.63) is 28.8 Å². The van der Waals surface area contributed by atoms with Gasteiger partial charge in [0.15, 0.2) is 0 Å². The highest BCUT2D eigenvalue weighted by Gasteiger charge is 2.34. The average Bonchev–Trinajstić information content (AvgIpc) is 2.48. The molecular formula is C10H13ClN2O2S. The van der Waals surface area contributed by atoms with E-state index >= 15 is 0 Å². The Morgan fingerprint density at radius 1 is 1.31 bits per heavy atom. The van der Waals surface area contributed by atoms with Crippen molar-refractivity contribution >= 4 is 27.5 Å². The largest absolute Gasteiger partial charge is 0.303 e. The summed E-state index contributed by atoms with van der Waals surface area (Å²) in [7, 11) is -1.77. The molecule has 0 radical (unpaired) electrons. The molecule has 0 atom stereocenters. The molecule has 1 heterocycles. The summed E-state index contributed by atoms with van der Waals surface area (Å²) < 4.78 is 26.7. The molecule has 6 heteroatoms. The Kier molecular flexibility index (Phi) is 2.86. The molecule has 1 aliphatic heterocycles. The Balaban J connectivity index is 2.51. The molecule has 0 saturated carbocycles. The number of anilines is 1. The maximum Gasteiger partial charge on any atom is 0.303 e. The van der Waals surface area contributed by atoms with E-state index in [0.717, 1.165) is 5.56 Å². The summed E-state index contributed by atoms with van der Waals surface area (Å²) in [5, 5.41) is 0.585.